The number of hydrogen-bond donors (Lipinski definition) is 0. The molecule has 0 atom stereocenters. The zero-order valence-corrected chi connectivity index (χ0v) is 17.6. The number of halogens is 1. The van der Waals surface area contributed by atoms with Crippen LogP contribution in [-0.2, 0) is 4.74 Å². The van der Waals surface area contributed by atoms with Gasteiger partial charge in [-0.1, -0.05) is 11.6 Å². The van der Waals surface area contributed by atoms with Gasteiger partial charge in [0.2, 0.25) is 5.82 Å². The lowest BCUT2D eigenvalue weighted by Gasteiger charge is -2.15. The Morgan fingerprint density at radius 3 is 2.55 bits per heavy atom. The van der Waals surface area contributed by atoms with Crippen LogP contribution in [0.5, 0.6) is 11.8 Å². The van der Waals surface area contributed by atoms with Crippen molar-refractivity contribution in [2.45, 2.75) is 6.92 Å². The second kappa shape index (κ2) is 8.52. The molecule has 0 spiro atoms. The molecule has 0 saturated heterocycles. The van der Waals surface area contributed by atoms with Crippen LogP contribution in [0.25, 0.3) is 28.1 Å². The fraction of sp³-hybridized carbons (Fsp3) is 0.200. The number of pyridine rings is 1. The first-order valence-electron chi connectivity index (χ1n) is 9.20. The number of methoxy groups -OCH3 is 2. The van der Waals surface area contributed by atoms with Crippen LogP contribution in [0, 0.1) is 0 Å². The summed E-state index contributed by atoms with van der Waals surface area (Å²) in [6, 6.07) is 6.86. The summed E-state index contributed by atoms with van der Waals surface area (Å²) in [6.45, 7) is 1.87. The maximum atomic E-state index is 12.7. The number of nitrogens with zero attached hydrogens (tertiary/aromatic N) is 6. The Kier molecular flexibility index (Phi) is 5.63. The van der Waals surface area contributed by atoms with Crippen LogP contribution >= 0.6 is 11.6 Å². The van der Waals surface area contributed by atoms with E-state index in [-0.39, 0.29) is 24.2 Å². The Morgan fingerprint density at radius 1 is 1.10 bits per heavy atom. The summed E-state index contributed by atoms with van der Waals surface area (Å²) in [5.74, 6) is -0.0159. The minimum absolute atomic E-state index is 0.0633. The van der Waals surface area contributed by atoms with Crippen molar-refractivity contribution in [3.05, 3.63) is 47.5 Å². The molecule has 4 rings (SSSR count). The second-order valence-corrected chi connectivity index (χ2v) is 6.56. The summed E-state index contributed by atoms with van der Waals surface area (Å²) in [5.41, 5.74) is 1.80. The van der Waals surface area contributed by atoms with E-state index >= 15 is 0 Å². The van der Waals surface area contributed by atoms with Gasteiger partial charge in [-0.15, -0.1) is 10.2 Å². The van der Waals surface area contributed by atoms with Gasteiger partial charge in [0.1, 0.15) is 5.52 Å². The highest BCUT2D eigenvalue weighted by atomic mass is 35.5. The Balaban J connectivity index is 2.08. The van der Waals surface area contributed by atoms with Crippen molar-refractivity contribution in [2.75, 3.05) is 20.8 Å². The first-order chi connectivity index (χ1) is 15.1. The van der Waals surface area contributed by atoms with Crippen LogP contribution in [0.1, 0.15) is 17.5 Å². The van der Waals surface area contributed by atoms with Gasteiger partial charge in [-0.3, -0.25) is 9.55 Å². The molecule has 0 aliphatic carbocycles. The number of ether oxygens (including phenoxy) is 3. The summed E-state index contributed by atoms with van der Waals surface area (Å²) >= 11 is 6.59. The second-order valence-electron chi connectivity index (χ2n) is 6.15. The van der Waals surface area contributed by atoms with Crippen LogP contribution in [0.2, 0.25) is 5.02 Å². The first kappa shape index (κ1) is 20.5. The van der Waals surface area contributed by atoms with Crippen molar-refractivity contribution in [3.8, 4) is 28.8 Å². The summed E-state index contributed by atoms with van der Waals surface area (Å²) < 4.78 is 17.2. The molecule has 11 heteroatoms. The quantitative estimate of drug-likeness (QED) is 0.417. The maximum absolute atomic E-state index is 12.7. The van der Waals surface area contributed by atoms with Crippen molar-refractivity contribution < 1.29 is 19.0 Å². The van der Waals surface area contributed by atoms with E-state index in [0.717, 1.165) is 0 Å². The standard InChI is InChI=1S/C20H17ClN6O4/c1-4-31-20(28)17-26-25-16(11-6-5-9-22-10-11)27(17)15-12(21)7-8-13-14(15)24-19(30-3)18(23-13)29-2/h5-10H,4H2,1-3H3. The third kappa shape index (κ3) is 3.61. The summed E-state index contributed by atoms with van der Waals surface area (Å²) in [4.78, 5) is 25.8. The normalized spacial score (nSPS) is 10.8. The molecule has 3 aromatic heterocycles. The van der Waals surface area contributed by atoms with Gasteiger partial charge in [0, 0.05) is 18.0 Å². The monoisotopic (exact) mass is 440 g/mol. The zero-order valence-electron chi connectivity index (χ0n) is 16.9. The number of aromatic nitrogens is 6. The maximum Gasteiger partial charge on any atom is 0.376 e. The molecule has 0 bridgehead atoms. The van der Waals surface area contributed by atoms with Gasteiger partial charge in [-0.25, -0.2) is 14.8 Å². The van der Waals surface area contributed by atoms with Gasteiger partial charge < -0.3 is 14.2 Å². The predicted octanol–water partition coefficient (Wildman–Crippen LogP) is 3.12. The average molecular weight is 441 g/mol. The van der Waals surface area contributed by atoms with Crippen LogP contribution in [0.4, 0.5) is 0 Å². The summed E-state index contributed by atoms with van der Waals surface area (Å²) in [6.07, 6.45) is 3.23. The molecule has 10 nitrogen and oxygen atoms in total. The number of carbonyl (C=O) groups is 1. The molecule has 0 fully saturated rings. The highest BCUT2D eigenvalue weighted by molar-refractivity contribution is 6.33. The zero-order chi connectivity index (χ0) is 22.0. The SMILES string of the molecule is CCOC(=O)c1nnc(-c2cccnc2)n1-c1c(Cl)ccc2nc(OC)c(OC)nc12. The number of esters is 1. The number of fused-ring (bicyclic) bond motifs is 1. The molecule has 0 unspecified atom stereocenters. The largest absolute Gasteiger partial charge is 0.477 e. The molecule has 31 heavy (non-hydrogen) atoms. The van der Waals surface area contributed by atoms with E-state index in [1.54, 1.807) is 43.6 Å². The minimum Gasteiger partial charge on any atom is -0.477 e. The van der Waals surface area contributed by atoms with Gasteiger partial charge in [0.05, 0.1) is 37.1 Å². The third-order valence-electron chi connectivity index (χ3n) is 4.35. The van der Waals surface area contributed by atoms with Crippen LogP contribution in [0.15, 0.2) is 36.7 Å². The minimum atomic E-state index is -0.661. The van der Waals surface area contributed by atoms with Crippen molar-refractivity contribution in [1.29, 1.82) is 0 Å². The Hall–Kier alpha value is -3.79. The van der Waals surface area contributed by atoms with E-state index in [9.17, 15) is 4.79 Å². The van der Waals surface area contributed by atoms with Crippen LogP contribution in [-0.4, -0.2) is 56.5 Å². The van der Waals surface area contributed by atoms with E-state index < -0.39 is 5.97 Å². The molecule has 0 aliphatic rings. The number of carbonyl (C=O) groups excluding carboxylic acids is 1. The molecule has 3 heterocycles. The summed E-state index contributed by atoms with van der Waals surface area (Å²) in [5, 5.41) is 8.56. The molecule has 1 aromatic carbocycles. The predicted molar refractivity (Wildman–Crippen MR) is 112 cm³/mol. The van der Waals surface area contributed by atoms with Crippen LogP contribution in [0.3, 0.4) is 0 Å². The van der Waals surface area contributed by atoms with Gasteiger partial charge in [-0.2, -0.15) is 0 Å². The van der Waals surface area contributed by atoms with Gasteiger partial charge in [0.15, 0.2) is 5.82 Å². The van der Waals surface area contributed by atoms with Crippen molar-refractivity contribution >= 4 is 28.6 Å². The van der Waals surface area contributed by atoms with E-state index in [0.29, 0.717) is 33.1 Å². The van der Waals surface area contributed by atoms with Crippen molar-refractivity contribution in [3.63, 3.8) is 0 Å². The molecular weight excluding hydrogens is 424 g/mol. The van der Waals surface area contributed by atoms with Gasteiger partial charge in [0.25, 0.3) is 11.8 Å². The lowest BCUT2D eigenvalue weighted by Crippen LogP contribution is -2.14. The molecule has 0 aliphatic heterocycles. The van der Waals surface area contributed by atoms with Crippen molar-refractivity contribution in [2.24, 2.45) is 0 Å². The van der Waals surface area contributed by atoms with Gasteiger partial charge in [-0.05, 0) is 31.2 Å². The molecule has 158 valence electrons. The number of rotatable bonds is 6. The van der Waals surface area contributed by atoms with E-state index in [4.69, 9.17) is 25.8 Å². The molecule has 4 aromatic rings. The number of benzene rings is 1. The lowest BCUT2D eigenvalue weighted by atomic mass is 10.2. The Labute approximate surface area is 181 Å². The topological polar surface area (TPSA) is 114 Å². The average Bonchev–Trinajstić information content (AvgIpc) is 3.23. The summed E-state index contributed by atoms with van der Waals surface area (Å²) in [7, 11) is 2.92. The lowest BCUT2D eigenvalue weighted by molar-refractivity contribution is 0.0509. The Bertz CT molecular complexity index is 1260. The first-order valence-corrected chi connectivity index (χ1v) is 9.58. The van der Waals surface area contributed by atoms with E-state index in [1.807, 2.05) is 0 Å². The molecule has 0 saturated carbocycles. The smallest absolute Gasteiger partial charge is 0.376 e. The van der Waals surface area contributed by atoms with E-state index in [2.05, 4.69) is 25.1 Å². The molecule has 0 radical (unpaired) electrons. The fourth-order valence-electron chi connectivity index (χ4n) is 3.04. The number of hydrogen-bond acceptors (Lipinski definition) is 9. The Morgan fingerprint density at radius 2 is 1.87 bits per heavy atom. The van der Waals surface area contributed by atoms with Gasteiger partial charge >= 0.3 is 5.97 Å². The third-order valence-corrected chi connectivity index (χ3v) is 4.66. The highest BCUT2D eigenvalue weighted by Crippen LogP contribution is 2.35. The fourth-order valence-corrected chi connectivity index (χ4v) is 3.27. The molecule has 0 amide bonds. The van der Waals surface area contributed by atoms with Crippen LogP contribution < -0.4 is 9.47 Å². The van der Waals surface area contributed by atoms with Crippen molar-refractivity contribution in [1.82, 2.24) is 29.7 Å². The van der Waals surface area contributed by atoms with E-state index in [1.165, 1.54) is 18.8 Å². The molecule has 0 N–H and O–H groups in total. The highest BCUT2D eigenvalue weighted by Gasteiger charge is 2.26. The molecular formula is C20H17ClN6O4.